The number of thiophene rings is 1. The summed E-state index contributed by atoms with van der Waals surface area (Å²) in [6.07, 6.45) is 0.0304. The number of halogens is 2. The minimum absolute atomic E-state index is 0.0304. The molecule has 0 spiro atoms. The van der Waals surface area contributed by atoms with E-state index in [1.54, 1.807) is 34.6 Å². The number of hydrogen-bond donors (Lipinski definition) is 1. The van der Waals surface area contributed by atoms with Gasteiger partial charge < -0.3 is 5.32 Å². The van der Waals surface area contributed by atoms with E-state index in [9.17, 15) is 18.8 Å². The minimum atomic E-state index is -0.698. The Kier molecular flexibility index (Phi) is 6.22. The van der Waals surface area contributed by atoms with Crippen LogP contribution in [0.4, 0.5) is 4.39 Å². The molecule has 0 aliphatic carbocycles. The van der Waals surface area contributed by atoms with Gasteiger partial charge in [0.25, 0.3) is 11.7 Å². The number of hydrogen-bond acceptors (Lipinski definition) is 4. The van der Waals surface area contributed by atoms with Crippen molar-refractivity contribution in [3.63, 3.8) is 0 Å². The molecule has 7 heteroatoms. The van der Waals surface area contributed by atoms with E-state index in [2.05, 4.69) is 5.32 Å². The van der Waals surface area contributed by atoms with Crippen molar-refractivity contribution in [2.45, 2.75) is 46.6 Å². The van der Waals surface area contributed by atoms with Crippen LogP contribution in [0.25, 0.3) is 0 Å². The predicted octanol–water partition coefficient (Wildman–Crippen LogP) is 4.68. The summed E-state index contributed by atoms with van der Waals surface area (Å²) >= 11 is 6.94. The summed E-state index contributed by atoms with van der Waals surface area (Å²) in [5.74, 6) is -2.11. The maximum Gasteiger partial charge on any atom is 0.292 e. The maximum atomic E-state index is 13.3. The molecule has 2 aromatic rings. The van der Waals surface area contributed by atoms with E-state index in [0.717, 1.165) is 0 Å². The van der Waals surface area contributed by atoms with Crippen molar-refractivity contribution < 1.29 is 18.8 Å². The van der Waals surface area contributed by atoms with Crippen LogP contribution >= 0.6 is 22.9 Å². The maximum absolute atomic E-state index is 13.3. The second-order valence-corrected chi connectivity index (χ2v) is 9.00. The summed E-state index contributed by atoms with van der Waals surface area (Å²) in [5.41, 5.74) is 0.799. The molecule has 1 aromatic carbocycles. The van der Waals surface area contributed by atoms with Crippen LogP contribution in [0.15, 0.2) is 18.2 Å². The van der Waals surface area contributed by atoms with Gasteiger partial charge in [-0.25, -0.2) is 4.39 Å². The highest BCUT2D eigenvalue weighted by molar-refractivity contribution is 7.14. The van der Waals surface area contributed by atoms with Gasteiger partial charge in [-0.3, -0.25) is 14.4 Å². The van der Waals surface area contributed by atoms with E-state index >= 15 is 0 Å². The smallest absolute Gasteiger partial charge is 0.292 e. The van der Waals surface area contributed by atoms with E-state index in [-0.39, 0.29) is 22.8 Å². The van der Waals surface area contributed by atoms with Gasteiger partial charge in [-0.1, -0.05) is 17.7 Å². The first-order valence-electron chi connectivity index (χ1n) is 8.34. The van der Waals surface area contributed by atoms with Gasteiger partial charge in [0.15, 0.2) is 5.78 Å². The van der Waals surface area contributed by atoms with Crippen LogP contribution in [-0.4, -0.2) is 23.0 Å². The highest BCUT2D eigenvalue weighted by atomic mass is 35.5. The Morgan fingerprint density at radius 2 is 1.81 bits per heavy atom. The third-order valence-electron chi connectivity index (χ3n) is 3.85. The normalized spacial score (nSPS) is 11.4. The summed E-state index contributed by atoms with van der Waals surface area (Å²) in [4.78, 5) is 38.5. The average Bonchev–Trinajstić information content (AvgIpc) is 2.83. The summed E-state index contributed by atoms with van der Waals surface area (Å²) in [6.45, 7) is 8.73. The molecular formula is C20H21ClFNO3S. The van der Waals surface area contributed by atoms with Crippen molar-refractivity contribution in [2.75, 3.05) is 0 Å². The summed E-state index contributed by atoms with van der Waals surface area (Å²) in [5, 5.41) is 2.60. The van der Waals surface area contributed by atoms with Gasteiger partial charge in [-0.05, 0) is 57.9 Å². The van der Waals surface area contributed by atoms with Crippen molar-refractivity contribution in [3.8, 4) is 0 Å². The zero-order chi connectivity index (χ0) is 20.5. The minimum Gasteiger partial charge on any atom is -0.345 e. The van der Waals surface area contributed by atoms with E-state index in [4.69, 9.17) is 11.6 Å². The fraction of sp³-hybridized carbons (Fsp3) is 0.350. The molecule has 1 amide bonds. The van der Waals surface area contributed by atoms with E-state index < -0.39 is 23.0 Å². The molecule has 0 bridgehead atoms. The highest BCUT2D eigenvalue weighted by Gasteiger charge is 2.28. The second kappa shape index (κ2) is 7.90. The Hall–Kier alpha value is -2.05. The zero-order valence-electron chi connectivity index (χ0n) is 15.8. The molecule has 1 aromatic heterocycles. The molecule has 0 saturated carbocycles. The lowest BCUT2D eigenvalue weighted by molar-refractivity contribution is -0.118. The lowest BCUT2D eigenvalue weighted by Crippen LogP contribution is -2.44. The van der Waals surface area contributed by atoms with Gasteiger partial charge in [0.05, 0.1) is 9.90 Å². The Labute approximate surface area is 166 Å². The lowest BCUT2D eigenvalue weighted by atomic mass is 10.0. The summed E-state index contributed by atoms with van der Waals surface area (Å²) in [6, 6.07) is 4.12. The van der Waals surface area contributed by atoms with E-state index in [0.29, 0.717) is 20.9 Å². The Bertz CT molecular complexity index is 928. The standard InChI is InChI=1S/C20H21ClFNO3S/c1-10-16(17(25)19(26)23-20(3,4)5)11(2)27-18(10)15(24)9-12-6-7-14(22)13(21)8-12/h6-8H,9H2,1-5H3,(H,23,26). The van der Waals surface area contributed by atoms with Gasteiger partial charge in [-0.2, -0.15) is 0 Å². The first-order valence-corrected chi connectivity index (χ1v) is 9.54. The Morgan fingerprint density at radius 1 is 1.19 bits per heavy atom. The molecule has 0 unspecified atom stereocenters. The molecule has 0 atom stereocenters. The molecule has 27 heavy (non-hydrogen) atoms. The van der Waals surface area contributed by atoms with Crippen LogP contribution in [0.2, 0.25) is 5.02 Å². The fourth-order valence-corrected chi connectivity index (χ4v) is 3.98. The molecule has 1 heterocycles. The fourth-order valence-electron chi connectivity index (χ4n) is 2.68. The molecule has 0 radical (unpaired) electrons. The van der Waals surface area contributed by atoms with E-state index in [1.165, 1.54) is 29.5 Å². The molecule has 0 aliphatic heterocycles. The van der Waals surface area contributed by atoms with Crippen LogP contribution in [-0.2, 0) is 11.2 Å². The number of carbonyl (C=O) groups excluding carboxylic acids is 3. The van der Waals surface area contributed by atoms with Crippen LogP contribution in [0.5, 0.6) is 0 Å². The van der Waals surface area contributed by atoms with Gasteiger partial charge in [0, 0.05) is 22.4 Å². The molecule has 0 fully saturated rings. The van der Waals surface area contributed by atoms with Crippen LogP contribution in [0, 0.1) is 19.7 Å². The monoisotopic (exact) mass is 409 g/mol. The van der Waals surface area contributed by atoms with Crippen molar-refractivity contribution in [1.82, 2.24) is 5.32 Å². The molecular weight excluding hydrogens is 389 g/mol. The van der Waals surface area contributed by atoms with Crippen molar-refractivity contribution >= 4 is 40.4 Å². The summed E-state index contributed by atoms with van der Waals surface area (Å²) in [7, 11) is 0. The first kappa shape index (κ1) is 21.3. The largest absolute Gasteiger partial charge is 0.345 e. The molecule has 1 N–H and O–H groups in total. The number of benzene rings is 1. The number of ketones is 2. The number of rotatable bonds is 5. The average molecular weight is 410 g/mol. The van der Waals surface area contributed by atoms with Crippen LogP contribution in [0.1, 0.15) is 56.8 Å². The van der Waals surface area contributed by atoms with Crippen molar-refractivity contribution in [3.05, 3.63) is 55.5 Å². The van der Waals surface area contributed by atoms with Crippen LogP contribution < -0.4 is 5.32 Å². The third-order valence-corrected chi connectivity index (χ3v) is 5.38. The number of nitrogens with one attached hydrogen (secondary N) is 1. The Balaban J connectivity index is 2.28. The van der Waals surface area contributed by atoms with Crippen LogP contribution in [0.3, 0.4) is 0 Å². The topological polar surface area (TPSA) is 63.2 Å². The Morgan fingerprint density at radius 3 is 2.37 bits per heavy atom. The van der Waals surface area contributed by atoms with Crippen molar-refractivity contribution in [2.24, 2.45) is 0 Å². The summed E-state index contributed by atoms with van der Waals surface area (Å²) < 4.78 is 13.3. The molecule has 0 saturated heterocycles. The van der Waals surface area contributed by atoms with Gasteiger partial charge in [0.2, 0.25) is 0 Å². The molecule has 144 valence electrons. The molecule has 2 rings (SSSR count). The lowest BCUT2D eigenvalue weighted by Gasteiger charge is -2.19. The SMILES string of the molecule is Cc1sc(C(=O)Cc2ccc(F)c(Cl)c2)c(C)c1C(=O)C(=O)NC(C)(C)C. The molecule has 0 aliphatic rings. The highest BCUT2D eigenvalue weighted by Crippen LogP contribution is 2.29. The van der Waals surface area contributed by atoms with Crippen molar-refractivity contribution in [1.29, 1.82) is 0 Å². The number of carbonyl (C=O) groups is 3. The van der Waals surface area contributed by atoms with Gasteiger partial charge in [0.1, 0.15) is 5.82 Å². The second-order valence-electron chi connectivity index (χ2n) is 7.37. The van der Waals surface area contributed by atoms with Gasteiger partial charge >= 0.3 is 0 Å². The van der Waals surface area contributed by atoms with Gasteiger partial charge in [-0.15, -0.1) is 11.3 Å². The predicted molar refractivity (Wildman–Crippen MR) is 105 cm³/mol. The zero-order valence-corrected chi connectivity index (χ0v) is 17.4. The molecule has 4 nitrogen and oxygen atoms in total. The first-order chi connectivity index (χ1) is 12.4. The number of amides is 1. The third kappa shape index (κ3) is 5.02. The number of Topliss-reactive ketones (excluding diaryl/α,β-unsaturated/α-hetero) is 2. The van der Waals surface area contributed by atoms with E-state index in [1.807, 2.05) is 0 Å². The quantitative estimate of drug-likeness (QED) is 0.576. The number of aryl methyl sites for hydroxylation is 1.